The van der Waals surface area contributed by atoms with Crippen LogP contribution in [0.2, 0.25) is 0 Å². The molecule has 1 N–H and O–H groups in total. The second kappa shape index (κ2) is 7.42. The molecule has 2 aromatic heterocycles. The summed E-state index contributed by atoms with van der Waals surface area (Å²) in [6.45, 7) is 8.79. The van der Waals surface area contributed by atoms with E-state index in [1.165, 1.54) is 6.26 Å². The van der Waals surface area contributed by atoms with E-state index in [0.717, 1.165) is 47.9 Å². The number of aryl methyl sites for hydroxylation is 1. The predicted octanol–water partition coefficient (Wildman–Crippen LogP) is 2.97. The first-order valence-corrected chi connectivity index (χ1v) is 10.3. The molecule has 0 radical (unpaired) electrons. The largest absolute Gasteiger partial charge is 0.487 e. The standard InChI is InChI=1S/C22H25N5O4/c1-14-11-27(13-23-14)21-25-17(12-30-21)20(28)24-16-8-15-10-22(2,3)31-19(15)9-18(16)26-4-6-29-7-5-26/h8-9,11-13H,4-7,10H2,1-3H3,(H,24,28). The Hall–Kier alpha value is -3.33. The molecule has 2 aliphatic heterocycles. The number of fused-ring (bicyclic) bond motifs is 1. The van der Waals surface area contributed by atoms with Crippen molar-refractivity contribution in [2.45, 2.75) is 32.8 Å². The minimum absolute atomic E-state index is 0.200. The minimum atomic E-state index is -0.334. The topological polar surface area (TPSA) is 94.7 Å². The number of morpholine rings is 1. The van der Waals surface area contributed by atoms with Gasteiger partial charge in [-0.1, -0.05) is 0 Å². The summed E-state index contributed by atoms with van der Waals surface area (Å²) in [6, 6.07) is 4.32. The van der Waals surface area contributed by atoms with Gasteiger partial charge in [0.05, 0.1) is 30.3 Å². The van der Waals surface area contributed by atoms with E-state index in [2.05, 4.69) is 34.0 Å². The lowest BCUT2D eigenvalue weighted by molar-refractivity contribution is 0.102. The van der Waals surface area contributed by atoms with E-state index in [9.17, 15) is 4.79 Å². The fourth-order valence-electron chi connectivity index (χ4n) is 4.00. The Morgan fingerprint density at radius 3 is 2.77 bits per heavy atom. The molecule has 0 atom stereocenters. The third kappa shape index (κ3) is 3.88. The van der Waals surface area contributed by atoms with Crippen LogP contribution in [0.3, 0.4) is 0 Å². The van der Waals surface area contributed by atoms with Gasteiger partial charge in [-0.15, -0.1) is 0 Å². The molecule has 0 saturated carbocycles. The molecule has 1 saturated heterocycles. The fourth-order valence-corrected chi connectivity index (χ4v) is 4.00. The summed E-state index contributed by atoms with van der Waals surface area (Å²) in [5, 5.41) is 3.03. The number of oxazole rings is 1. The van der Waals surface area contributed by atoms with Gasteiger partial charge in [-0.05, 0) is 26.8 Å². The molecule has 31 heavy (non-hydrogen) atoms. The van der Waals surface area contributed by atoms with E-state index in [1.807, 2.05) is 19.1 Å². The maximum atomic E-state index is 13.0. The highest BCUT2D eigenvalue weighted by atomic mass is 16.5. The monoisotopic (exact) mass is 423 g/mol. The summed E-state index contributed by atoms with van der Waals surface area (Å²) < 4.78 is 18.7. The Labute approximate surface area is 180 Å². The van der Waals surface area contributed by atoms with Crippen LogP contribution in [0.1, 0.15) is 35.6 Å². The summed E-state index contributed by atoms with van der Waals surface area (Å²) in [6.07, 6.45) is 5.52. The Morgan fingerprint density at radius 1 is 1.23 bits per heavy atom. The van der Waals surface area contributed by atoms with Gasteiger partial charge in [-0.3, -0.25) is 9.36 Å². The van der Waals surface area contributed by atoms with Crippen molar-refractivity contribution in [3.05, 3.63) is 47.9 Å². The van der Waals surface area contributed by atoms with Gasteiger partial charge in [0.15, 0.2) is 5.69 Å². The predicted molar refractivity (Wildman–Crippen MR) is 114 cm³/mol. The van der Waals surface area contributed by atoms with Crippen molar-refractivity contribution < 1.29 is 18.7 Å². The summed E-state index contributed by atoms with van der Waals surface area (Å²) in [7, 11) is 0. The molecule has 5 rings (SSSR count). The molecule has 0 unspecified atom stereocenters. The average molecular weight is 423 g/mol. The first-order valence-electron chi connectivity index (χ1n) is 10.3. The quantitative estimate of drug-likeness (QED) is 0.689. The molecule has 0 bridgehead atoms. The molecule has 9 nitrogen and oxygen atoms in total. The number of hydrogen-bond donors (Lipinski definition) is 1. The van der Waals surface area contributed by atoms with Crippen LogP contribution in [0.15, 0.2) is 35.3 Å². The number of imidazole rings is 1. The molecule has 2 aliphatic rings. The number of aromatic nitrogens is 3. The summed E-state index contributed by atoms with van der Waals surface area (Å²) in [4.78, 5) is 23.7. The highest BCUT2D eigenvalue weighted by Crippen LogP contribution is 2.42. The average Bonchev–Trinajstić information content (AvgIpc) is 3.45. The van der Waals surface area contributed by atoms with Gasteiger partial charge in [-0.2, -0.15) is 4.98 Å². The van der Waals surface area contributed by atoms with Gasteiger partial charge < -0.3 is 24.1 Å². The second-order valence-corrected chi connectivity index (χ2v) is 8.51. The highest BCUT2D eigenvalue weighted by Gasteiger charge is 2.32. The zero-order valence-electron chi connectivity index (χ0n) is 17.8. The Morgan fingerprint density at radius 2 is 2.03 bits per heavy atom. The van der Waals surface area contributed by atoms with Crippen LogP contribution in [0.25, 0.3) is 6.01 Å². The molecular weight excluding hydrogens is 398 g/mol. The third-order valence-electron chi connectivity index (χ3n) is 5.44. The van der Waals surface area contributed by atoms with Gasteiger partial charge in [0, 0.05) is 37.3 Å². The molecule has 1 amide bonds. The maximum absolute atomic E-state index is 13.0. The van der Waals surface area contributed by atoms with Crippen LogP contribution < -0.4 is 15.0 Å². The molecule has 1 fully saturated rings. The van der Waals surface area contributed by atoms with Gasteiger partial charge >= 0.3 is 6.01 Å². The van der Waals surface area contributed by atoms with E-state index >= 15 is 0 Å². The SMILES string of the molecule is Cc1cn(-c2nc(C(=O)Nc3cc4c(cc3N3CCOCC3)OC(C)(C)C4)co2)cn1. The minimum Gasteiger partial charge on any atom is -0.487 e. The molecule has 1 aromatic carbocycles. The van der Waals surface area contributed by atoms with Crippen molar-refractivity contribution >= 4 is 17.3 Å². The smallest absolute Gasteiger partial charge is 0.307 e. The van der Waals surface area contributed by atoms with E-state index in [1.54, 1.807) is 17.1 Å². The van der Waals surface area contributed by atoms with E-state index in [4.69, 9.17) is 13.9 Å². The number of rotatable bonds is 4. The lowest BCUT2D eigenvalue weighted by Crippen LogP contribution is -2.36. The van der Waals surface area contributed by atoms with Crippen molar-refractivity contribution in [1.29, 1.82) is 0 Å². The number of nitrogens with zero attached hydrogens (tertiary/aromatic N) is 4. The zero-order valence-corrected chi connectivity index (χ0v) is 17.8. The molecule has 9 heteroatoms. The van der Waals surface area contributed by atoms with Crippen LogP contribution in [0, 0.1) is 6.92 Å². The molecule has 3 aromatic rings. The molecule has 0 spiro atoms. The van der Waals surface area contributed by atoms with Crippen LogP contribution in [-0.4, -0.2) is 52.3 Å². The summed E-state index contributed by atoms with van der Waals surface area (Å²) >= 11 is 0. The van der Waals surface area contributed by atoms with Crippen molar-refractivity contribution in [3.63, 3.8) is 0 Å². The number of hydrogen-bond acceptors (Lipinski definition) is 7. The molecule has 0 aliphatic carbocycles. The van der Waals surface area contributed by atoms with Crippen LogP contribution in [0.5, 0.6) is 5.75 Å². The van der Waals surface area contributed by atoms with Crippen molar-refractivity contribution in [3.8, 4) is 11.8 Å². The second-order valence-electron chi connectivity index (χ2n) is 8.51. The van der Waals surface area contributed by atoms with E-state index < -0.39 is 0 Å². The lowest BCUT2D eigenvalue weighted by Gasteiger charge is -2.31. The molecular formula is C22H25N5O4. The number of carbonyl (C=O) groups excluding carboxylic acids is 1. The van der Waals surface area contributed by atoms with Gasteiger partial charge in [-0.25, -0.2) is 4.98 Å². The van der Waals surface area contributed by atoms with Crippen LogP contribution >= 0.6 is 0 Å². The first kappa shape index (κ1) is 19.6. The molecule has 4 heterocycles. The zero-order chi connectivity index (χ0) is 21.6. The number of ether oxygens (including phenoxy) is 2. The normalized spacial score (nSPS) is 17.3. The van der Waals surface area contributed by atoms with Crippen molar-refractivity contribution in [2.24, 2.45) is 0 Å². The maximum Gasteiger partial charge on any atom is 0.307 e. The van der Waals surface area contributed by atoms with E-state index in [-0.39, 0.29) is 17.2 Å². The van der Waals surface area contributed by atoms with Gasteiger partial charge in [0.1, 0.15) is 23.9 Å². The van der Waals surface area contributed by atoms with Crippen LogP contribution in [0.4, 0.5) is 11.4 Å². The lowest BCUT2D eigenvalue weighted by atomic mass is 10.0. The van der Waals surface area contributed by atoms with Crippen molar-refractivity contribution in [2.75, 3.05) is 36.5 Å². The van der Waals surface area contributed by atoms with Crippen LogP contribution in [-0.2, 0) is 11.2 Å². The fraction of sp³-hybridized carbons (Fsp3) is 0.409. The van der Waals surface area contributed by atoms with Crippen molar-refractivity contribution in [1.82, 2.24) is 14.5 Å². The Balaban J connectivity index is 1.44. The Bertz CT molecular complexity index is 1130. The number of carbonyl (C=O) groups is 1. The number of benzene rings is 1. The Kier molecular flexibility index (Phi) is 4.70. The van der Waals surface area contributed by atoms with E-state index in [0.29, 0.717) is 19.2 Å². The van der Waals surface area contributed by atoms with Gasteiger partial charge in [0.2, 0.25) is 0 Å². The third-order valence-corrected chi connectivity index (χ3v) is 5.44. The summed E-state index contributed by atoms with van der Waals surface area (Å²) in [5.41, 5.74) is 3.50. The summed E-state index contributed by atoms with van der Waals surface area (Å²) in [5.74, 6) is 0.531. The number of nitrogens with one attached hydrogen (secondary N) is 1. The molecule has 162 valence electrons. The number of amides is 1. The number of anilines is 2. The van der Waals surface area contributed by atoms with Gasteiger partial charge in [0.25, 0.3) is 5.91 Å². The highest BCUT2D eigenvalue weighted by molar-refractivity contribution is 6.05. The first-order chi connectivity index (χ1) is 14.9.